The van der Waals surface area contributed by atoms with Gasteiger partial charge in [0.15, 0.2) is 0 Å². The van der Waals surface area contributed by atoms with Crippen molar-refractivity contribution in [2.45, 2.75) is 32.7 Å². The van der Waals surface area contributed by atoms with Crippen molar-refractivity contribution in [3.63, 3.8) is 0 Å². The molecule has 0 atom stereocenters. The second-order valence-corrected chi connectivity index (χ2v) is 10.3. The van der Waals surface area contributed by atoms with Gasteiger partial charge in [0.2, 0.25) is 10.0 Å². The number of carbonyl (C=O) groups excluding carboxylic acids is 1. The van der Waals surface area contributed by atoms with Crippen LogP contribution < -0.4 is 21.0 Å². The van der Waals surface area contributed by atoms with Gasteiger partial charge in [-0.3, -0.25) is 4.79 Å². The first-order chi connectivity index (χ1) is 16.0. The van der Waals surface area contributed by atoms with Crippen LogP contribution in [0.25, 0.3) is 0 Å². The SMILES string of the molecule is [B]c1cc(F)c(C)c([B])c1NC(=O)c1cc(S(=O)(=O)NC(C([B])([B])[B])(C([B])([B])[B])C([B])([B])[B])cn1C. The van der Waals surface area contributed by atoms with Crippen LogP contribution in [0.1, 0.15) is 16.1 Å². The Hall–Kier alpha value is -1.48. The van der Waals surface area contributed by atoms with Gasteiger partial charge >= 0.3 is 0 Å². The van der Waals surface area contributed by atoms with Crippen molar-refractivity contribution < 1.29 is 17.6 Å². The van der Waals surface area contributed by atoms with Gasteiger partial charge in [0.05, 0.1) is 70.6 Å². The Morgan fingerprint density at radius 3 is 1.86 bits per heavy atom. The highest BCUT2D eigenvalue weighted by molar-refractivity contribution is 7.89. The number of nitrogens with zero attached hydrogens (tertiary/aromatic N) is 1. The normalized spacial score (nSPS) is 13.4. The molecule has 158 valence electrons. The topological polar surface area (TPSA) is 80.2 Å². The minimum absolute atomic E-state index is 0.0479. The largest absolute Gasteiger partial charge is 0.345 e. The highest BCUT2D eigenvalue weighted by atomic mass is 32.2. The number of benzene rings is 1. The van der Waals surface area contributed by atoms with Gasteiger partial charge in [-0.2, -0.15) is 0 Å². The number of nitrogens with one attached hydrogen (secondary N) is 2. The Labute approximate surface area is 225 Å². The molecule has 0 fully saturated rings. The third kappa shape index (κ3) is 5.38. The highest BCUT2D eigenvalue weighted by Crippen LogP contribution is 2.54. The van der Waals surface area contributed by atoms with Gasteiger partial charge in [-0.05, 0) is 30.2 Å². The summed E-state index contributed by atoms with van der Waals surface area (Å²) in [5.74, 6) is -1.52. The first kappa shape index (κ1) is 30.7. The van der Waals surface area contributed by atoms with Crippen LogP contribution in [0.3, 0.4) is 0 Å². The van der Waals surface area contributed by atoms with Gasteiger partial charge in [-0.1, -0.05) is 10.9 Å². The third-order valence-corrected chi connectivity index (χ3v) is 7.02. The van der Waals surface area contributed by atoms with E-state index in [0.717, 1.165) is 22.9 Å². The Balaban J connectivity index is 2.56. The first-order valence-corrected chi connectivity index (χ1v) is 11.4. The average molecular weight is 475 g/mol. The van der Waals surface area contributed by atoms with E-state index in [2.05, 4.69) is 5.32 Å². The summed E-state index contributed by atoms with van der Waals surface area (Å²) in [6.07, 6.45) is 1.02. The van der Waals surface area contributed by atoms with Gasteiger partial charge in [0.25, 0.3) is 5.91 Å². The molecule has 1 heterocycles. The molecule has 0 aliphatic heterocycles. The van der Waals surface area contributed by atoms with E-state index in [1.807, 2.05) is 4.72 Å². The molecule has 22 radical (unpaired) electrons. The van der Waals surface area contributed by atoms with Crippen molar-refractivity contribution in [2.24, 2.45) is 7.05 Å². The quantitative estimate of drug-likeness (QED) is 0.383. The van der Waals surface area contributed by atoms with Crippen molar-refractivity contribution in [1.29, 1.82) is 0 Å². The number of hydrogen-bond acceptors (Lipinski definition) is 3. The van der Waals surface area contributed by atoms with Crippen LogP contribution in [-0.4, -0.2) is 111 Å². The number of aryl methyl sites for hydroxylation is 1. The van der Waals surface area contributed by atoms with Crippen LogP contribution in [0.5, 0.6) is 0 Å². The number of halogens is 1. The lowest BCUT2D eigenvalue weighted by Gasteiger charge is -2.64. The number of carbonyl (C=O) groups is 1. The van der Waals surface area contributed by atoms with Crippen molar-refractivity contribution in [3.8, 4) is 0 Å². The first-order valence-electron chi connectivity index (χ1n) is 9.93. The van der Waals surface area contributed by atoms with E-state index < -0.39 is 47.5 Å². The standard InChI is InChI=1S/C17H11B11FN3O3S/c1-6-9(29)4-8(18)12(11(6)19)30-13(33)10-3-7(5-32(10)2)36(34,35)31-14(15(20,21)22,16(23,24)25)17(26,27)28/h3-5,31H,1-2H3,(H,30,33). The van der Waals surface area contributed by atoms with Gasteiger partial charge in [-0.15, -0.1) is 15.3 Å². The smallest absolute Gasteiger partial charge is 0.272 e. The molecule has 0 unspecified atom stereocenters. The average Bonchev–Trinajstić information content (AvgIpc) is 3.07. The monoisotopic (exact) mass is 477 g/mol. The number of hydrogen-bond donors (Lipinski definition) is 2. The minimum atomic E-state index is -4.77. The molecular formula is C17H11B11FN3O3S. The summed E-state index contributed by atoms with van der Waals surface area (Å²) in [5.41, 5.74) is -3.36. The Morgan fingerprint density at radius 1 is 0.944 bits per heavy atom. The highest BCUT2D eigenvalue weighted by Gasteiger charge is 2.55. The van der Waals surface area contributed by atoms with Crippen LogP contribution in [-0.2, 0) is 17.1 Å². The third-order valence-electron chi connectivity index (χ3n) is 5.60. The van der Waals surface area contributed by atoms with Crippen molar-refractivity contribution in [2.75, 3.05) is 5.32 Å². The summed E-state index contributed by atoms with van der Waals surface area (Å²) < 4.78 is 43.5. The van der Waals surface area contributed by atoms with E-state index in [4.69, 9.17) is 86.3 Å². The van der Waals surface area contributed by atoms with E-state index >= 15 is 0 Å². The summed E-state index contributed by atoms with van der Waals surface area (Å²) in [6.45, 7) is 1.38. The van der Waals surface area contributed by atoms with Crippen LogP contribution in [0, 0.1) is 12.7 Å². The molecule has 1 aromatic carbocycles. The summed E-state index contributed by atoms with van der Waals surface area (Å²) in [4.78, 5) is 12.4. The maximum absolute atomic E-state index is 13.8. The zero-order valence-corrected chi connectivity index (χ0v) is 20.4. The molecule has 36 heavy (non-hydrogen) atoms. The summed E-state index contributed by atoms with van der Waals surface area (Å²) in [6, 6.07) is 1.91. The maximum Gasteiger partial charge on any atom is 0.272 e. The predicted molar refractivity (Wildman–Crippen MR) is 148 cm³/mol. The maximum atomic E-state index is 13.8. The Morgan fingerprint density at radius 2 is 1.42 bits per heavy atom. The molecule has 19 heteroatoms. The van der Waals surface area contributed by atoms with Gasteiger partial charge in [-0.25, -0.2) is 17.5 Å². The summed E-state index contributed by atoms with van der Waals surface area (Å²) in [7, 11) is 59.7. The number of amides is 1. The van der Waals surface area contributed by atoms with Crippen LogP contribution in [0.4, 0.5) is 10.1 Å². The molecule has 2 N–H and O–H groups in total. The fraction of sp³-hybridized carbons (Fsp3) is 0.353. The Kier molecular flexibility index (Phi) is 8.27. The molecule has 2 rings (SSSR count). The van der Waals surface area contributed by atoms with E-state index in [-0.39, 0.29) is 27.9 Å². The second kappa shape index (κ2) is 9.68. The molecule has 2 aromatic rings. The lowest BCUT2D eigenvalue weighted by atomic mass is 9.12. The van der Waals surface area contributed by atoms with E-state index in [1.165, 1.54) is 14.0 Å². The van der Waals surface area contributed by atoms with Gasteiger partial charge in [0, 0.05) is 18.9 Å². The fourth-order valence-corrected chi connectivity index (χ4v) is 5.28. The molecule has 0 aliphatic carbocycles. The van der Waals surface area contributed by atoms with Gasteiger partial charge < -0.3 is 9.88 Å². The van der Waals surface area contributed by atoms with Crippen molar-refractivity contribution >= 4 is 119 Å². The van der Waals surface area contributed by atoms with Crippen LogP contribution in [0.15, 0.2) is 23.2 Å². The molecule has 0 bridgehead atoms. The number of aromatic nitrogens is 1. The van der Waals surface area contributed by atoms with E-state index in [1.54, 1.807) is 0 Å². The lowest BCUT2D eigenvalue weighted by molar-refractivity contribution is 0.101. The second-order valence-electron chi connectivity index (χ2n) is 8.64. The zero-order valence-electron chi connectivity index (χ0n) is 19.5. The number of rotatable bonds is 8. The van der Waals surface area contributed by atoms with Gasteiger partial charge in [0.1, 0.15) is 32.1 Å². The molecule has 0 saturated carbocycles. The number of sulfonamides is 1. The molecule has 6 nitrogen and oxygen atoms in total. The summed E-state index contributed by atoms with van der Waals surface area (Å²) >= 11 is 0. The zero-order chi connectivity index (χ0) is 28.2. The van der Waals surface area contributed by atoms with Crippen molar-refractivity contribution in [3.05, 3.63) is 35.4 Å². The Bertz CT molecular complexity index is 1260. The van der Waals surface area contributed by atoms with E-state index in [0.29, 0.717) is 0 Å². The minimum Gasteiger partial charge on any atom is -0.345 e. The van der Waals surface area contributed by atoms with Crippen molar-refractivity contribution in [1.82, 2.24) is 9.29 Å². The lowest BCUT2D eigenvalue weighted by Crippen LogP contribution is -2.71. The fourth-order valence-electron chi connectivity index (χ4n) is 3.66. The van der Waals surface area contributed by atoms with Crippen LogP contribution >= 0.6 is 0 Å². The molecule has 0 aliphatic rings. The molecule has 0 saturated heterocycles. The molecular weight excluding hydrogens is 464 g/mol. The molecule has 1 amide bonds. The predicted octanol–water partition coefficient (Wildman–Crippen LogP) is -3.93. The molecule has 1 aromatic heterocycles. The van der Waals surface area contributed by atoms with E-state index in [9.17, 15) is 17.6 Å². The molecule has 0 spiro atoms. The number of anilines is 1. The summed E-state index contributed by atoms with van der Waals surface area (Å²) in [5, 5.41) is -5.70. The van der Waals surface area contributed by atoms with Crippen LogP contribution in [0.2, 0.25) is 15.3 Å².